The van der Waals surface area contributed by atoms with Crippen LogP contribution in [0.5, 0.6) is 0 Å². The van der Waals surface area contributed by atoms with E-state index in [0.717, 1.165) is 30.0 Å². The van der Waals surface area contributed by atoms with Crippen LogP contribution in [0.2, 0.25) is 0 Å². The Labute approximate surface area is 152 Å². The van der Waals surface area contributed by atoms with Crippen LogP contribution in [-0.4, -0.2) is 22.0 Å². The van der Waals surface area contributed by atoms with Crippen molar-refractivity contribution in [1.29, 1.82) is 0 Å². The summed E-state index contributed by atoms with van der Waals surface area (Å²) >= 11 is 0. The van der Waals surface area contributed by atoms with Crippen molar-refractivity contribution in [3.63, 3.8) is 0 Å². The summed E-state index contributed by atoms with van der Waals surface area (Å²) in [5, 5.41) is 14.9. The predicted octanol–water partition coefficient (Wildman–Crippen LogP) is 5.40. The lowest BCUT2D eigenvalue weighted by Gasteiger charge is -2.05. The van der Waals surface area contributed by atoms with E-state index in [-0.39, 0.29) is 0 Å². The monoisotopic (exact) mass is 342 g/mol. The largest absolute Gasteiger partial charge is 0.311 e. The molecule has 4 heteroatoms. The number of H-pyrrole nitrogens is 1. The summed E-state index contributed by atoms with van der Waals surface area (Å²) in [6.45, 7) is 6.20. The normalized spacial score (nSPS) is 11.1. The maximum atomic E-state index is 4.31. The minimum absolute atomic E-state index is 0.775. The number of benzene rings is 1. The van der Waals surface area contributed by atoms with Crippen molar-refractivity contribution in [2.45, 2.75) is 78.2 Å². The Hall–Kier alpha value is -1.68. The number of aryl methyl sites for hydroxylation is 1. The lowest BCUT2D eigenvalue weighted by molar-refractivity contribution is 0.547. The molecule has 0 radical (unpaired) electrons. The van der Waals surface area contributed by atoms with Gasteiger partial charge in [0.05, 0.1) is 0 Å². The van der Waals surface area contributed by atoms with Crippen molar-refractivity contribution >= 4 is 0 Å². The molecule has 0 bridgehead atoms. The molecule has 4 nitrogen and oxygen atoms in total. The molecule has 1 heterocycles. The highest BCUT2D eigenvalue weighted by Crippen LogP contribution is 2.19. The Balaban J connectivity index is 1.57. The van der Waals surface area contributed by atoms with E-state index in [0.29, 0.717) is 0 Å². The van der Waals surface area contributed by atoms with E-state index in [1.54, 1.807) is 0 Å². The van der Waals surface area contributed by atoms with E-state index in [1.807, 2.05) is 0 Å². The zero-order valence-electron chi connectivity index (χ0n) is 16.0. The van der Waals surface area contributed by atoms with Crippen LogP contribution in [0.3, 0.4) is 0 Å². The van der Waals surface area contributed by atoms with Crippen LogP contribution >= 0.6 is 0 Å². The standard InChI is InChI=1S/C21H34N4/c1-3-4-5-6-7-8-9-10-11-16-22-17-20-21(24-25-23-20)19-14-12-18(2)13-15-19/h12-15,22H,3-11,16-17H2,1-2H3,(H,23,24,25). The third-order valence-electron chi connectivity index (χ3n) is 4.69. The van der Waals surface area contributed by atoms with Crippen LogP contribution in [0.1, 0.15) is 76.0 Å². The molecule has 0 aliphatic rings. The molecular weight excluding hydrogens is 308 g/mol. The van der Waals surface area contributed by atoms with Gasteiger partial charge in [-0.05, 0) is 19.9 Å². The second-order valence-corrected chi connectivity index (χ2v) is 6.99. The molecule has 1 aromatic heterocycles. The summed E-state index contributed by atoms with van der Waals surface area (Å²) in [4.78, 5) is 0. The first-order chi connectivity index (χ1) is 12.3. The van der Waals surface area contributed by atoms with Crippen LogP contribution in [-0.2, 0) is 6.54 Å². The van der Waals surface area contributed by atoms with E-state index in [1.165, 1.54) is 63.4 Å². The van der Waals surface area contributed by atoms with Gasteiger partial charge >= 0.3 is 0 Å². The molecule has 0 spiro atoms. The van der Waals surface area contributed by atoms with Gasteiger partial charge in [-0.25, -0.2) is 0 Å². The van der Waals surface area contributed by atoms with Gasteiger partial charge in [0.25, 0.3) is 0 Å². The third-order valence-corrected chi connectivity index (χ3v) is 4.69. The van der Waals surface area contributed by atoms with Crippen molar-refractivity contribution < 1.29 is 0 Å². The Morgan fingerprint density at radius 2 is 1.48 bits per heavy atom. The number of nitrogens with one attached hydrogen (secondary N) is 2. The highest BCUT2D eigenvalue weighted by molar-refractivity contribution is 5.61. The molecule has 0 atom stereocenters. The number of hydrogen-bond acceptors (Lipinski definition) is 3. The fourth-order valence-electron chi connectivity index (χ4n) is 3.09. The topological polar surface area (TPSA) is 53.6 Å². The summed E-state index contributed by atoms with van der Waals surface area (Å²) in [7, 11) is 0. The summed E-state index contributed by atoms with van der Waals surface area (Å²) in [5.74, 6) is 0. The molecule has 0 fully saturated rings. The van der Waals surface area contributed by atoms with Gasteiger partial charge in [-0.1, -0.05) is 88.1 Å². The van der Waals surface area contributed by atoms with Crippen molar-refractivity contribution in [2.24, 2.45) is 0 Å². The maximum Gasteiger partial charge on any atom is 0.117 e. The SMILES string of the molecule is CCCCCCCCCCCNCc1n[nH]nc1-c1ccc(C)cc1. The van der Waals surface area contributed by atoms with E-state index in [2.05, 4.69) is 58.8 Å². The number of nitrogens with zero attached hydrogens (tertiary/aromatic N) is 2. The van der Waals surface area contributed by atoms with E-state index in [9.17, 15) is 0 Å². The highest BCUT2D eigenvalue weighted by Gasteiger charge is 2.09. The van der Waals surface area contributed by atoms with Gasteiger partial charge in [-0.2, -0.15) is 15.4 Å². The second kappa shape index (κ2) is 11.8. The van der Waals surface area contributed by atoms with Crippen molar-refractivity contribution in [1.82, 2.24) is 20.7 Å². The second-order valence-electron chi connectivity index (χ2n) is 6.99. The smallest absolute Gasteiger partial charge is 0.117 e. The first-order valence-electron chi connectivity index (χ1n) is 9.98. The van der Waals surface area contributed by atoms with Gasteiger partial charge in [0.2, 0.25) is 0 Å². The molecule has 2 N–H and O–H groups in total. The molecule has 0 saturated heterocycles. The quantitative estimate of drug-likeness (QED) is 0.479. The Morgan fingerprint density at radius 1 is 0.840 bits per heavy atom. The first kappa shape index (κ1) is 19.6. The average Bonchev–Trinajstić information content (AvgIpc) is 3.09. The van der Waals surface area contributed by atoms with Crippen LogP contribution in [0.4, 0.5) is 0 Å². The molecule has 0 aliphatic carbocycles. The lowest BCUT2D eigenvalue weighted by atomic mass is 10.1. The molecule has 1 aromatic carbocycles. The van der Waals surface area contributed by atoms with E-state index >= 15 is 0 Å². The van der Waals surface area contributed by atoms with Gasteiger partial charge in [0.1, 0.15) is 11.4 Å². The lowest BCUT2D eigenvalue weighted by Crippen LogP contribution is -2.15. The predicted molar refractivity (Wildman–Crippen MR) is 105 cm³/mol. The number of aromatic amines is 1. The summed E-state index contributed by atoms with van der Waals surface area (Å²) in [6, 6.07) is 8.45. The number of unbranched alkanes of at least 4 members (excludes halogenated alkanes) is 8. The number of hydrogen-bond donors (Lipinski definition) is 2. The molecule has 25 heavy (non-hydrogen) atoms. The summed E-state index contributed by atoms with van der Waals surface area (Å²) in [6.07, 6.45) is 12.3. The van der Waals surface area contributed by atoms with Crippen LogP contribution in [0, 0.1) is 6.92 Å². The Bertz CT molecular complexity index is 574. The fourth-order valence-corrected chi connectivity index (χ4v) is 3.09. The van der Waals surface area contributed by atoms with Gasteiger partial charge in [-0.15, -0.1) is 0 Å². The first-order valence-corrected chi connectivity index (χ1v) is 9.98. The number of aromatic nitrogens is 3. The van der Waals surface area contributed by atoms with Gasteiger partial charge in [0, 0.05) is 12.1 Å². The van der Waals surface area contributed by atoms with Crippen molar-refractivity contribution in [3.05, 3.63) is 35.5 Å². The summed E-state index contributed by atoms with van der Waals surface area (Å²) in [5.41, 5.74) is 4.34. The van der Waals surface area contributed by atoms with Crippen LogP contribution in [0.15, 0.2) is 24.3 Å². The molecule has 0 aliphatic heterocycles. The molecule has 0 unspecified atom stereocenters. The maximum absolute atomic E-state index is 4.31. The minimum Gasteiger partial charge on any atom is -0.311 e. The molecule has 0 amide bonds. The van der Waals surface area contributed by atoms with Gasteiger partial charge in [-0.3, -0.25) is 0 Å². The molecular formula is C21H34N4. The van der Waals surface area contributed by atoms with Gasteiger partial charge in [0.15, 0.2) is 0 Å². The summed E-state index contributed by atoms with van der Waals surface area (Å²) < 4.78 is 0. The zero-order valence-corrected chi connectivity index (χ0v) is 16.0. The number of rotatable bonds is 13. The zero-order chi connectivity index (χ0) is 17.7. The van der Waals surface area contributed by atoms with Crippen LogP contribution < -0.4 is 5.32 Å². The highest BCUT2D eigenvalue weighted by atomic mass is 15.3. The fraction of sp³-hybridized carbons (Fsp3) is 0.619. The third kappa shape index (κ3) is 7.39. The molecule has 2 aromatic rings. The molecule has 0 saturated carbocycles. The molecule has 2 rings (SSSR count). The van der Waals surface area contributed by atoms with Gasteiger partial charge < -0.3 is 5.32 Å². The van der Waals surface area contributed by atoms with E-state index < -0.39 is 0 Å². The van der Waals surface area contributed by atoms with E-state index in [4.69, 9.17) is 0 Å². The minimum atomic E-state index is 0.775. The van der Waals surface area contributed by atoms with Crippen molar-refractivity contribution in [2.75, 3.05) is 6.54 Å². The Morgan fingerprint density at radius 3 is 2.16 bits per heavy atom. The Kier molecular flexibility index (Phi) is 9.27. The van der Waals surface area contributed by atoms with Crippen molar-refractivity contribution in [3.8, 4) is 11.3 Å². The molecule has 138 valence electrons. The average molecular weight is 343 g/mol. The van der Waals surface area contributed by atoms with Crippen LogP contribution in [0.25, 0.3) is 11.3 Å².